The Morgan fingerprint density at radius 2 is 1.93 bits per heavy atom. The molecule has 3 rings (SSSR count). The second-order valence-electron chi connectivity index (χ2n) is 6.64. The third-order valence-corrected chi connectivity index (χ3v) is 4.96. The highest BCUT2D eigenvalue weighted by molar-refractivity contribution is 14.0. The first-order valence-electron chi connectivity index (χ1n) is 8.67. The number of aliphatic imine (C=N–C) groups is 1. The van der Waals surface area contributed by atoms with Gasteiger partial charge in [0.05, 0.1) is 12.4 Å². The van der Waals surface area contributed by atoms with E-state index >= 15 is 0 Å². The molecule has 1 aliphatic heterocycles. The van der Waals surface area contributed by atoms with Gasteiger partial charge in [-0.3, -0.25) is 4.99 Å². The van der Waals surface area contributed by atoms with Crippen LogP contribution >= 0.6 is 24.0 Å². The van der Waals surface area contributed by atoms with Crippen molar-refractivity contribution < 1.29 is 17.6 Å². The van der Waals surface area contributed by atoms with E-state index in [1.165, 1.54) is 0 Å². The molecule has 1 aromatic carbocycles. The highest BCUT2D eigenvalue weighted by atomic mass is 127. The van der Waals surface area contributed by atoms with Gasteiger partial charge in [0.1, 0.15) is 0 Å². The molecule has 1 fully saturated rings. The Morgan fingerprint density at radius 1 is 1.25 bits per heavy atom. The second-order valence-corrected chi connectivity index (χ2v) is 6.64. The minimum absolute atomic E-state index is 0. The molecule has 0 amide bonds. The van der Waals surface area contributed by atoms with Crippen LogP contribution in [0.4, 0.5) is 17.6 Å². The van der Waals surface area contributed by atoms with Gasteiger partial charge in [-0.2, -0.15) is 0 Å². The lowest BCUT2D eigenvalue weighted by Gasteiger charge is -2.39. The number of nitrogens with one attached hydrogen (secondary N) is 1. The first kappa shape index (κ1) is 22.4. The molecule has 154 valence electrons. The van der Waals surface area contributed by atoms with E-state index < -0.39 is 35.4 Å². The van der Waals surface area contributed by atoms with Crippen LogP contribution in [-0.2, 0) is 6.54 Å². The van der Waals surface area contributed by atoms with Gasteiger partial charge in [0, 0.05) is 50.7 Å². The standard InChI is InChI=1S/C18H21F4N5.HI/c1-11-3-5-26(9-15(11)27-6-4-24-10-27)18(23-2)25-8-12-16(21)13(19)7-14(20)17(12)22;/h4,6-7,10-11,15H,3,5,8-9H2,1-2H3,(H,23,25);1H. The van der Waals surface area contributed by atoms with Crippen molar-refractivity contribution in [1.29, 1.82) is 0 Å². The number of hydrogen-bond acceptors (Lipinski definition) is 2. The van der Waals surface area contributed by atoms with Gasteiger partial charge < -0.3 is 14.8 Å². The van der Waals surface area contributed by atoms with Gasteiger partial charge >= 0.3 is 0 Å². The molecule has 10 heteroatoms. The molecule has 0 saturated carbocycles. The number of guanidine groups is 1. The Hall–Kier alpha value is -1.85. The molecule has 2 unspecified atom stereocenters. The number of aromatic nitrogens is 2. The van der Waals surface area contributed by atoms with Crippen LogP contribution in [0.15, 0.2) is 29.8 Å². The molecule has 0 spiro atoms. The summed E-state index contributed by atoms with van der Waals surface area (Å²) in [5, 5.41) is 2.81. The minimum atomic E-state index is -1.42. The fraction of sp³-hybridized carbons (Fsp3) is 0.444. The van der Waals surface area contributed by atoms with Crippen LogP contribution in [0.3, 0.4) is 0 Å². The average Bonchev–Trinajstić information content (AvgIpc) is 3.18. The molecule has 1 aliphatic rings. The van der Waals surface area contributed by atoms with Gasteiger partial charge in [-0.15, -0.1) is 24.0 Å². The van der Waals surface area contributed by atoms with Crippen molar-refractivity contribution in [2.45, 2.75) is 25.9 Å². The smallest absolute Gasteiger partial charge is 0.193 e. The van der Waals surface area contributed by atoms with Crippen LogP contribution in [0, 0.1) is 29.2 Å². The lowest BCUT2D eigenvalue weighted by atomic mass is 9.93. The van der Waals surface area contributed by atoms with Crippen LogP contribution in [0.25, 0.3) is 0 Å². The number of imidazole rings is 1. The SMILES string of the molecule is CN=C(NCc1c(F)c(F)cc(F)c1F)N1CCC(C)C(n2ccnc2)C1.I. The Kier molecular flexibility index (Phi) is 7.67. The van der Waals surface area contributed by atoms with Crippen LogP contribution < -0.4 is 5.32 Å². The van der Waals surface area contributed by atoms with Gasteiger partial charge in [0.25, 0.3) is 0 Å². The molecule has 2 aromatic rings. The van der Waals surface area contributed by atoms with Crippen molar-refractivity contribution in [2.75, 3.05) is 20.1 Å². The summed E-state index contributed by atoms with van der Waals surface area (Å²) >= 11 is 0. The van der Waals surface area contributed by atoms with Crippen LogP contribution in [0.1, 0.15) is 24.9 Å². The summed E-state index contributed by atoms with van der Waals surface area (Å²) in [6.45, 7) is 3.06. The summed E-state index contributed by atoms with van der Waals surface area (Å²) in [5.74, 6) is -4.82. The predicted octanol–water partition coefficient (Wildman–Crippen LogP) is 3.72. The molecule has 28 heavy (non-hydrogen) atoms. The normalized spacial score (nSPS) is 20.1. The topological polar surface area (TPSA) is 45.5 Å². The molecular formula is C18H22F4IN5. The van der Waals surface area contributed by atoms with Crippen LogP contribution in [0.5, 0.6) is 0 Å². The zero-order valence-corrected chi connectivity index (χ0v) is 17.8. The maximum absolute atomic E-state index is 13.9. The first-order valence-corrected chi connectivity index (χ1v) is 8.67. The summed E-state index contributed by atoms with van der Waals surface area (Å²) in [6, 6.07) is 0.366. The summed E-state index contributed by atoms with van der Waals surface area (Å²) in [5.41, 5.74) is -0.690. The highest BCUT2D eigenvalue weighted by Gasteiger charge is 2.29. The molecule has 1 N–H and O–H groups in total. The molecule has 2 atom stereocenters. The fourth-order valence-corrected chi connectivity index (χ4v) is 3.37. The average molecular weight is 511 g/mol. The van der Waals surface area contributed by atoms with Crippen molar-refractivity contribution >= 4 is 29.9 Å². The number of rotatable bonds is 3. The van der Waals surface area contributed by atoms with E-state index in [0.717, 1.165) is 6.42 Å². The van der Waals surface area contributed by atoms with Gasteiger partial charge in [-0.05, 0) is 12.3 Å². The van der Waals surface area contributed by atoms with Crippen molar-refractivity contribution in [3.63, 3.8) is 0 Å². The Labute approximate surface area is 177 Å². The van der Waals surface area contributed by atoms with Gasteiger partial charge in [0.15, 0.2) is 29.2 Å². The molecule has 1 aromatic heterocycles. The number of benzene rings is 1. The molecular weight excluding hydrogens is 489 g/mol. The molecule has 1 saturated heterocycles. The Balaban J connectivity index is 0.00000280. The van der Waals surface area contributed by atoms with Crippen LogP contribution in [0.2, 0.25) is 0 Å². The molecule has 0 radical (unpaired) electrons. The number of nitrogens with zero attached hydrogens (tertiary/aromatic N) is 4. The summed E-state index contributed by atoms with van der Waals surface area (Å²) in [6.07, 6.45) is 6.24. The Bertz CT molecular complexity index is 802. The summed E-state index contributed by atoms with van der Waals surface area (Å²) in [7, 11) is 1.55. The van der Waals surface area contributed by atoms with E-state index in [-0.39, 0.29) is 36.1 Å². The second kappa shape index (κ2) is 9.57. The highest BCUT2D eigenvalue weighted by Crippen LogP contribution is 2.27. The van der Waals surface area contributed by atoms with Crippen LogP contribution in [-0.4, -0.2) is 40.5 Å². The van der Waals surface area contributed by atoms with Gasteiger partial charge in [-0.25, -0.2) is 22.5 Å². The lowest BCUT2D eigenvalue weighted by molar-refractivity contribution is 0.189. The Morgan fingerprint density at radius 3 is 2.50 bits per heavy atom. The zero-order valence-electron chi connectivity index (χ0n) is 15.5. The molecule has 0 aliphatic carbocycles. The van der Waals surface area contributed by atoms with E-state index in [0.29, 0.717) is 25.0 Å². The minimum Gasteiger partial charge on any atom is -0.352 e. The van der Waals surface area contributed by atoms with Gasteiger partial charge in [0.2, 0.25) is 0 Å². The summed E-state index contributed by atoms with van der Waals surface area (Å²) in [4.78, 5) is 10.2. The summed E-state index contributed by atoms with van der Waals surface area (Å²) < 4.78 is 56.5. The van der Waals surface area contributed by atoms with E-state index in [1.807, 2.05) is 15.7 Å². The number of halogens is 5. The maximum atomic E-state index is 13.9. The molecule has 5 nitrogen and oxygen atoms in total. The number of piperidine rings is 1. The largest absolute Gasteiger partial charge is 0.352 e. The van der Waals surface area contributed by atoms with Gasteiger partial charge in [-0.1, -0.05) is 6.92 Å². The molecule has 0 bridgehead atoms. The third-order valence-electron chi connectivity index (χ3n) is 4.96. The van der Waals surface area contributed by atoms with Crippen molar-refractivity contribution in [2.24, 2.45) is 10.9 Å². The quantitative estimate of drug-likeness (QED) is 0.225. The number of hydrogen-bond donors (Lipinski definition) is 1. The lowest BCUT2D eigenvalue weighted by Crippen LogP contribution is -2.48. The van der Waals surface area contributed by atoms with E-state index in [9.17, 15) is 17.6 Å². The number of likely N-dealkylation sites (tertiary alicyclic amines) is 1. The monoisotopic (exact) mass is 511 g/mol. The maximum Gasteiger partial charge on any atom is 0.193 e. The van der Waals surface area contributed by atoms with E-state index in [2.05, 4.69) is 22.2 Å². The zero-order chi connectivity index (χ0) is 19.6. The predicted molar refractivity (Wildman–Crippen MR) is 109 cm³/mol. The first-order chi connectivity index (χ1) is 12.9. The molecule has 2 heterocycles. The third kappa shape index (κ3) is 4.58. The van der Waals surface area contributed by atoms with Crippen molar-refractivity contribution in [3.05, 3.63) is 53.6 Å². The van der Waals surface area contributed by atoms with E-state index in [1.54, 1.807) is 19.6 Å². The van der Waals surface area contributed by atoms with Crippen molar-refractivity contribution in [3.8, 4) is 0 Å². The van der Waals surface area contributed by atoms with Crippen molar-refractivity contribution in [1.82, 2.24) is 19.8 Å². The van der Waals surface area contributed by atoms with E-state index in [4.69, 9.17) is 0 Å². The fourth-order valence-electron chi connectivity index (χ4n) is 3.37.